The molecule has 0 spiro atoms. The average Bonchev–Trinajstić information content (AvgIpc) is 3.54. The zero-order chi connectivity index (χ0) is 21.5. The maximum atomic E-state index is 6.05. The van der Waals surface area contributed by atoms with Gasteiger partial charge < -0.3 is 24.4 Å². The zero-order valence-corrected chi connectivity index (χ0v) is 21.8. The molecule has 32 heavy (non-hydrogen) atoms. The molecule has 0 aliphatic carbocycles. The van der Waals surface area contributed by atoms with Gasteiger partial charge in [0.25, 0.3) is 0 Å². The van der Waals surface area contributed by atoms with Crippen LogP contribution in [0.25, 0.3) is 0 Å². The second kappa shape index (κ2) is 13.0. The van der Waals surface area contributed by atoms with Crippen molar-refractivity contribution in [3.63, 3.8) is 0 Å². The molecule has 180 valence electrons. The van der Waals surface area contributed by atoms with Gasteiger partial charge in [0.05, 0.1) is 32.4 Å². The van der Waals surface area contributed by atoms with E-state index in [0.717, 1.165) is 77.0 Å². The summed E-state index contributed by atoms with van der Waals surface area (Å²) >= 11 is 0. The molecule has 1 aromatic carbocycles. The number of morpholine rings is 1. The van der Waals surface area contributed by atoms with E-state index in [2.05, 4.69) is 46.3 Å². The summed E-state index contributed by atoms with van der Waals surface area (Å²) < 4.78 is 17.3. The molecule has 1 aromatic rings. The SMILES string of the molecule is CCNC(=NCC(c1ccc(OC)cc1)N1CCCC1)N1CCOC(C2CCCO2)C1.I. The van der Waals surface area contributed by atoms with Crippen molar-refractivity contribution >= 4 is 29.9 Å². The molecule has 7 nitrogen and oxygen atoms in total. The molecule has 0 radical (unpaired) electrons. The highest BCUT2D eigenvalue weighted by Gasteiger charge is 2.32. The number of guanidine groups is 1. The second-order valence-electron chi connectivity index (χ2n) is 8.63. The van der Waals surface area contributed by atoms with Crippen molar-refractivity contribution in [3.8, 4) is 5.75 Å². The van der Waals surface area contributed by atoms with Gasteiger partial charge in [0.2, 0.25) is 0 Å². The molecule has 0 amide bonds. The number of benzene rings is 1. The van der Waals surface area contributed by atoms with Crippen LogP contribution in [0.2, 0.25) is 0 Å². The summed E-state index contributed by atoms with van der Waals surface area (Å²) in [7, 11) is 1.71. The predicted octanol–water partition coefficient (Wildman–Crippen LogP) is 3.30. The van der Waals surface area contributed by atoms with Crippen molar-refractivity contribution in [1.82, 2.24) is 15.1 Å². The first-order valence-electron chi connectivity index (χ1n) is 11.9. The monoisotopic (exact) mass is 558 g/mol. The van der Waals surface area contributed by atoms with Crippen LogP contribution in [0.5, 0.6) is 5.75 Å². The van der Waals surface area contributed by atoms with Crippen LogP contribution in [-0.2, 0) is 9.47 Å². The van der Waals surface area contributed by atoms with Crippen molar-refractivity contribution in [2.24, 2.45) is 4.99 Å². The molecule has 0 bridgehead atoms. The molecule has 3 aliphatic heterocycles. The minimum Gasteiger partial charge on any atom is -0.497 e. The fourth-order valence-corrected chi connectivity index (χ4v) is 4.90. The summed E-state index contributed by atoms with van der Waals surface area (Å²) in [5.74, 6) is 1.89. The number of rotatable bonds is 7. The number of hydrogen-bond donors (Lipinski definition) is 1. The zero-order valence-electron chi connectivity index (χ0n) is 19.5. The summed E-state index contributed by atoms with van der Waals surface area (Å²) in [6.07, 6.45) is 5.13. The summed E-state index contributed by atoms with van der Waals surface area (Å²) in [6.45, 7) is 9.31. The van der Waals surface area contributed by atoms with E-state index in [1.54, 1.807) is 7.11 Å². The largest absolute Gasteiger partial charge is 0.497 e. The van der Waals surface area contributed by atoms with Gasteiger partial charge in [0, 0.05) is 26.2 Å². The Kier molecular flexibility index (Phi) is 10.3. The molecule has 3 saturated heterocycles. The minimum absolute atomic E-state index is 0. The summed E-state index contributed by atoms with van der Waals surface area (Å²) in [4.78, 5) is 10.1. The summed E-state index contributed by atoms with van der Waals surface area (Å²) in [5, 5.41) is 3.52. The van der Waals surface area contributed by atoms with E-state index in [9.17, 15) is 0 Å². The second-order valence-corrected chi connectivity index (χ2v) is 8.63. The van der Waals surface area contributed by atoms with Gasteiger partial charge in [-0.2, -0.15) is 0 Å². The summed E-state index contributed by atoms with van der Waals surface area (Å²) in [6, 6.07) is 8.78. The van der Waals surface area contributed by atoms with Crippen molar-refractivity contribution in [2.45, 2.75) is 50.9 Å². The van der Waals surface area contributed by atoms with E-state index in [1.807, 2.05) is 0 Å². The standard InChI is InChI=1S/C24H38N4O3.HI/c1-3-25-24(28-14-16-31-23(18-28)22-7-6-15-30-22)26-17-21(27-12-4-5-13-27)19-8-10-20(29-2)11-9-19;/h8-11,21-23H,3-7,12-18H2,1-2H3,(H,25,26);1H. The van der Waals surface area contributed by atoms with E-state index < -0.39 is 0 Å². The van der Waals surface area contributed by atoms with E-state index in [0.29, 0.717) is 0 Å². The molecule has 3 heterocycles. The number of nitrogens with zero attached hydrogens (tertiary/aromatic N) is 3. The topological polar surface area (TPSA) is 58.6 Å². The maximum absolute atomic E-state index is 6.05. The normalized spacial score (nSPS) is 25.4. The van der Waals surface area contributed by atoms with Gasteiger partial charge in [-0.15, -0.1) is 24.0 Å². The van der Waals surface area contributed by atoms with Crippen LogP contribution in [-0.4, -0.2) is 87.6 Å². The van der Waals surface area contributed by atoms with Crippen LogP contribution in [0.4, 0.5) is 0 Å². The van der Waals surface area contributed by atoms with Crippen LogP contribution in [0, 0.1) is 0 Å². The Bertz CT molecular complexity index is 706. The number of nitrogens with one attached hydrogen (secondary N) is 1. The molecular weight excluding hydrogens is 519 g/mol. The quantitative estimate of drug-likeness (QED) is 0.315. The Labute approximate surface area is 209 Å². The van der Waals surface area contributed by atoms with Crippen molar-refractivity contribution < 1.29 is 14.2 Å². The van der Waals surface area contributed by atoms with E-state index in [1.165, 1.54) is 18.4 Å². The number of halogens is 1. The highest BCUT2D eigenvalue weighted by atomic mass is 127. The predicted molar refractivity (Wildman–Crippen MR) is 138 cm³/mol. The van der Waals surface area contributed by atoms with Gasteiger partial charge >= 0.3 is 0 Å². The van der Waals surface area contributed by atoms with Crippen LogP contribution in [0.3, 0.4) is 0 Å². The number of aliphatic imine (C=N–C) groups is 1. The maximum Gasteiger partial charge on any atom is 0.194 e. The molecule has 1 N–H and O–H groups in total. The van der Waals surface area contributed by atoms with Gasteiger partial charge in [0.15, 0.2) is 5.96 Å². The third-order valence-corrected chi connectivity index (χ3v) is 6.60. The molecule has 3 unspecified atom stereocenters. The first kappa shape index (κ1) is 25.5. The first-order chi connectivity index (χ1) is 15.3. The van der Waals surface area contributed by atoms with Crippen LogP contribution < -0.4 is 10.1 Å². The lowest BCUT2D eigenvalue weighted by Crippen LogP contribution is -2.53. The van der Waals surface area contributed by atoms with Gasteiger partial charge in [0.1, 0.15) is 11.9 Å². The Hall–Kier alpha value is -1.10. The number of ether oxygens (including phenoxy) is 3. The number of likely N-dealkylation sites (tertiary alicyclic amines) is 1. The lowest BCUT2D eigenvalue weighted by molar-refractivity contribution is -0.0817. The Morgan fingerprint density at radius 3 is 2.50 bits per heavy atom. The van der Waals surface area contributed by atoms with Gasteiger partial charge in [-0.3, -0.25) is 9.89 Å². The van der Waals surface area contributed by atoms with Gasteiger partial charge in [-0.05, 0) is 63.4 Å². The van der Waals surface area contributed by atoms with Crippen molar-refractivity contribution in [2.75, 3.05) is 59.6 Å². The van der Waals surface area contributed by atoms with E-state index in [4.69, 9.17) is 19.2 Å². The first-order valence-corrected chi connectivity index (χ1v) is 11.9. The highest BCUT2D eigenvalue weighted by molar-refractivity contribution is 14.0. The van der Waals surface area contributed by atoms with Crippen molar-refractivity contribution in [3.05, 3.63) is 29.8 Å². The minimum atomic E-state index is 0. The lowest BCUT2D eigenvalue weighted by atomic mass is 10.1. The third-order valence-electron chi connectivity index (χ3n) is 6.60. The fraction of sp³-hybridized carbons (Fsp3) is 0.708. The summed E-state index contributed by atoms with van der Waals surface area (Å²) in [5.41, 5.74) is 1.31. The Balaban J connectivity index is 0.00000289. The molecule has 0 aromatic heterocycles. The van der Waals surface area contributed by atoms with Gasteiger partial charge in [-0.25, -0.2) is 0 Å². The van der Waals surface area contributed by atoms with E-state index >= 15 is 0 Å². The van der Waals surface area contributed by atoms with Crippen LogP contribution >= 0.6 is 24.0 Å². The van der Waals surface area contributed by atoms with Crippen LogP contribution in [0.15, 0.2) is 29.3 Å². The smallest absolute Gasteiger partial charge is 0.194 e. The Morgan fingerprint density at radius 2 is 1.84 bits per heavy atom. The molecule has 3 fully saturated rings. The molecule has 3 atom stereocenters. The average molecular weight is 559 g/mol. The van der Waals surface area contributed by atoms with E-state index in [-0.39, 0.29) is 42.2 Å². The molecule has 8 heteroatoms. The molecule has 0 saturated carbocycles. The van der Waals surface area contributed by atoms with Crippen LogP contribution in [0.1, 0.15) is 44.2 Å². The molecule has 3 aliphatic rings. The number of methoxy groups -OCH3 is 1. The molecule has 4 rings (SSSR count). The number of hydrogen-bond acceptors (Lipinski definition) is 5. The van der Waals surface area contributed by atoms with Gasteiger partial charge in [-0.1, -0.05) is 12.1 Å². The molecular formula is C24H39IN4O3. The Morgan fingerprint density at radius 1 is 1.09 bits per heavy atom. The lowest BCUT2D eigenvalue weighted by Gasteiger charge is -2.37. The third kappa shape index (κ3) is 6.48. The van der Waals surface area contributed by atoms with Crippen molar-refractivity contribution in [1.29, 1.82) is 0 Å². The fourth-order valence-electron chi connectivity index (χ4n) is 4.90. The highest BCUT2D eigenvalue weighted by Crippen LogP contribution is 2.27.